The molecule has 208 valence electrons. The van der Waals surface area contributed by atoms with Crippen LogP contribution in [-0.4, -0.2) is 25.5 Å². The highest BCUT2D eigenvalue weighted by molar-refractivity contribution is 6.26. The Morgan fingerprint density at radius 1 is 0.825 bits per heavy atom. The SMILES string of the molecule is COc1cccc2c1OCC(C=C(C(=O)Nc1cccc(C(F)(F)F)c1)C(=O)Nc1cccc(C(F)(F)F)c1)=C2. The average Bonchev–Trinajstić information content (AvgIpc) is 2.90. The number of nitrogens with one attached hydrogen (secondary N) is 2. The van der Waals surface area contributed by atoms with Crippen LogP contribution < -0.4 is 20.1 Å². The summed E-state index contributed by atoms with van der Waals surface area (Å²) < 4.78 is 89.8. The number of carbonyl (C=O) groups excluding carboxylic acids is 2. The van der Waals surface area contributed by atoms with Crippen molar-refractivity contribution in [2.24, 2.45) is 0 Å². The van der Waals surface area contributed by atoms with Crippen molar-refractivity contribution in [1.82, 2.24) is 0 Å². The number of methoxy groups -OCH3 is 1. The Bertz CT molecular complexity index is 1440. The first-order chi connectivity index (χ1) is 18.8. The maximum atomic E-state index is 13.2. The first-order valence-electron chi connectivity index (χ1n) is 11.5. The summed E-state index contributed by atoms with van der Waals surface area (Å²) in [5, 5.41) is 4.50. The molecule has 3 aromatic carbocycles. The normalized spacial score (nSPS) is 12.8. The Kier molecular flexibility index (Phi) is 7.89. The highest BCUT2D eigenvalue weighted by Gasteiger charge is 2.32. The summed E-state index contributed by atoms with van der Waals surface area (Å²) in [6.07, 6.45) is -6.61. The van der Waals surface area contributed by atoms with Gasteiger partial charge in [-0.2, -0.15) is 26.3 Å². The number of para-hydroxylation sites is 1. The molecule has 2 amide bonds. The van der Waals surface area contributed by atoms with Crippen molar-refractivity contribution in [3.8, 4) is 11.5 Å². The van der Waals surface area contributed by atoms with Crippen LogP contribution in [0.4, 0.5) is 37.7 Å². The van der Waals surface area contributed by atoms with Crippen molar-refractivity contribution in [2.45, 2.75) is 12.4 Å². The summed E-state index contributed by atoms with van der Waals surface area (Å²) in [5.41, 5.74) is -2.25. The van der Waals surface area contributed by atoms with Gasteiger partial charge in [0.15, 0.2) is 11.5 Å². The Morgan fingerprint density at radius 2 is 1.35 bits per heavy atom. The molecule has 1 aliphatic heterocycles. The van der Waals surface area contributed by atoms with Crippen LogP contribution in [0.5, 0.6) is 11.5 Å². The van der Waals surface area contributed by atoms with E-state index in [1.807, 2.05) is 0 Å². The van der Waals surface area contributed by atoms with Crippen molar-refractivity contribution in [3.63, 3.8) is 0 Å². The van der Waals surface area contributed by atoms with E-state index in [2.05, 4.69) is 10.6 Å². The molecule has 6 nitrogen and oxygen atoms in total. The number of fused-ring (bicyclic) bond motifs is 1. The number of alkyl halides is 6. The Morgan fingerprint density at radius 3 is 1.85 bits per heavy atom. The van der Waals surface area contributed by atoms with Gasteiger partial charge >= 0.3 is 12.4 Å². The molecule has 0 fully saturated rings. The third-order valence-electron chi connectivity index (χ3n) is 5.67. The van der Waals surface area contributed by atoms with Crippen LogP contribution in [0.2, 0.25) is 0 Å². The van der Waals surface area contributed by atoms with Crippen LogP contribution in [0.15, 0.2) is 84.0 Å². The van der Waals surface area contributed by atoms with Crippen molar-refractivity contribution < 1.29 is 45.4 Å². The second-order valence-corrected chi connectivity index (χ2v) is 8.51. The monoisotopic (exact) mass is 562 g/mol. The van der Waals surface area contributed by atoms with Gasteiger partial charge in [-0.05, 0) is 60.2 Å². The van der Waals surface area contributed by atoms with E-state index in [1.165, 1.54) is 19.2 Å². The fourth-order valence-corrected chi connectivity index (χ4v) is 3.80. The first-order valence-corrected chi connectivity index (χ1v) is 11.5. The van der Waals surface area contributed by atoms with Gasteiger partial charge in [-0.15, -0.1) is 0 Å². The Labute approximate surface area is 223 Å². The topological polar surface area (TPSA) is 76.7 Å². The number of rotatable bonds is 6. The quantitative estimate of drug-likeness (QED) is 0.152. The third kappa shape index (κ3) is 6.63. The summed E-state index contributed by atoms with van der Waals surface area (Å²) in [5.74, 6) is -1.32. The molecule has 3 aromatic rings. The van der Waals surface area contributed by atoms with Crippen LogP contribution in [0.3, 0.4) is 0 Å². The molecule has 2 N–H and O–H groups in total. The number of hydrogen-bond donors (Lipinski definition) is 2. The van der Waals surface area contributed by atoms with Gasteiger partial charge in [0.05, 0.1) is 18.2 Å². The summed E-state index contributed by atoms with van der Waals surface area (Å²) in [4.78, 5) is 26.3. The van der Waals surface area contributed by atoms with Gasteiger partial charge < -0.3 is 20.1 Å². The smallest absolute Gasteiger partial charge is 0.416 e. The van der Waals surface area contributed by atoms with Crippen molar-refractivity contribution in [1.29, 1.82) is 0 Å². The summed E-state index contributed by atoms with van der Waals surface area (Å²) in [6, 6.07) is 12.6. The van der Waals surface area contributed by atoms with Crippen LogP contribution in [0.1, 0.15) is 16.7 Å². The standard InChI is InChI=1S/C28H20F6N2O4/c1-39-23-10-2-5-17-11-16(15-40-24(17)23)12-22(25(37)35-20-8-3-6-18(13-20)27(29,30)31)26(38)36-21-9-4-7-19(14-21)28(32,33)34/h2-14H,15H2,1H3,(H,35,37)(H,36,38). The van der Waals surface area contributed by atoms with Crippen LogP contribution in [0.25, 0.3) is 6.08 Å². The lowest BCUT2D eigenvalue weighted by atomic mass is 10.0. The molecular formula is C28H20F6N2O4. The fraction of sp³-hybridized carbons (Fsp3) is 0.143. The highest BCUT2D eigenvalue weighted by Crippen LogP contribution is 2.36. The van der Waals surface area contributed by atoms with E-state index >= 15 is 0 Å². The van der Waals surface area contributed by atoms with E-state index < -0.39 is 40.9 Å². The molecule has 0 saturated carbocycles. The summed E-state index contributed by atoms with van der Waals surface area (Å²) >= 11 is 0. The zero-order valence-electron chi connectivity index (χ0n) is 20.6. The number of benzene rings is 3. The molecule has 0 atom stereocenters. The number of amides is 2. The molecule has 40 heavy (non-hydrogen) atoms. The van der Waals surface area contributed by atoms with E-state index in [4.69, 9.17) is 9.47 Å². The molecule has 0 unspecified atom stereocenters. The minimum absolute atomic E-state index is 0.107. The minimum Gasteiger partial charge on any atom is -0.493 e. The molecule has 0 bridgehead atoms. The van der Waals surface area contributed by atoms with E-state index in [9.17, 15) is 35.9 Å². The largest absolute Gasteiger partial charge is 0.493 e. The third-order valence-corrected chi connectivity index (χ3v) is 5.67. The lowest BCUT2D eigenvalue weighted by molar-refractivity contribution is -0.138. The number of ether oxygens (including phenoxy) is 2. The van der Waals surface area contributed by atoms with Crippen molar-refractivity contribution in [2.75, 3.05) is 24.4 Å². The summed E-state index contributed by atoms with van der Waals surface area (Å²) in [7, 11) is 1.45. The predicted octanol–water partition coefficient (Wildman–Crippen LogP) is 6.71. The highest BCUT2D eigenvalue weighted by atomic mass is 19.4. The number of hydrogen-bond acceptors (Lipinski definition) is 4. The molecule has 0 spiro atoms. The van der Waals surface area contributed by atoms with Crippen LogP contribution >= 0.6 is 0 Å². The lowest BCUT2D eigenvalue weighted by Crippen LogP contribution is -2.26. The van der Waals surface area contributed by atoms with Gasteiger partial charge in [-0.25, -0.2) is 0 Å². The maximum Gasteiger partial charge on any atom is 0.416 e. The predicted molar refractivity (Wildman–Crippen MR) is 135 cm³/mol. The molecule has 0 radical (unpaired) electrons. The van der Waals surface area contributed by atoms with Crippen LogP contribution in [-0.2, 0) is 21.9 Å². The van der Waals surface area contributed by atoms with Gasteiger partial charge in [-0.3, -0.25) is 9.59 Å². The lowest BCUT2D eigenvalue weighted by Gasteiger charge is -2.19. The first kappa shape index (κ1) is 28.3. The zero-order valence-corrected chi connectivity index (χ0v) is 20.6. The number of halogens is 6. The van der Waals surface area contributed by atoms with Gasteiger partial charge in [0.1, 0.15) is 12.2 Å². The number of carbonyl (C=O) groups is 2. The molecule has 0 saturated heterocycles. The molecule has 0 aromatic heterocycles. The van der Waals surface area contributed by atoms with Crippen molar-refractivity contribution >= 4 is 29.3 Å². The second kappa shape index (κ2) is 11.2. The molecule has 0 aliphatic carbocycles. The molecule has 1 aliphatic rings. The Balaban J connectivity index is 1.69. The number of anilines is 2. The average molecular weight is 562 g/mol. The van der Waals surface area contributed by atoms with E-state index in [0.717, 1.165) is 30.3 Å². The zero-order chi connectivity index (χ0) is 29.1. The molecule has 4 rings (SSSR count). The maximum absolute atomic E-state index is 13.2. The van der Waals surface area contributed by atoms with Crippen molar-refractivity contribution in [3.05, 3.63) is 101 Å². The van der Waals surface area contributed by atoms with Crippen LogP contribution in [0, 0.1) is 0 Å². The van der Waals surface area contributed by atoms with E-state index in [1.54, 1.807) is 24.3 Å². The molecule has 1 heterocycles. The summed E-state index contributed by atoms with van der Waals surface area (Å²) in [6.45, 7) is -0.107. The van der Waals surface area contributed by atoms with Gasteiger partial charge in [-0.1, -0.05) is 24.3 Å². The Hall–Kier alpha value is -4.74. The van der Waals surface area contributed by atoms with E-state index in [-0.39, 0.29) is 18.0 Å². The van der Waals surface area contributed by atoms with Gasteiger partial charge in [0.25, 0.3) is 11.8 Å². The second-order valence-electron chi connectivity index (χ2n) is 8.51. The van der Waals surface area contributed by atoms with E-state index in [0.29, 0.717) is 34.8 Å². The molecule has 12 heteroatoms. The van der Waals surface area contributed by atoms with Gasteiger partial charge in [0.2, 0.25) is 0 Å². The minimum atomic E-state index is -4.68. The molecular weight excluding hydrogens is 542 g/mol. The fourth-order valence-electron chi connectivity index (χ4n) is 3.80. The van der Waals surface area contributed by atoms with Gasteiger partial charge in [0, 0.05) is 16.9 Å².